The monoisotopic (exact) mass is 338 g/mol. The minimum Gasteiger partial charge on any atom is -0.478 e. The predicted molar refractivity (Wildman–Crippen MR) is 82.1 cm³/mol. The van der Waals surface area contributed by atoms with Crippen LogP contribution in [0.15, 0.2) is 48.0 Å². The van der Waals surface area contributed by atoms with Gasteiger partial charge in [-0.2, -0.15) is 0 Å². The maximum atomic E-state index is 12.0. The predicted octanol–water partition coefficient (Wildman–Crippen LogP) is 3.35. The molecule has 0 saturated carbocycles. The molecule has 1 aromatic carbocycles. The van der Waals surface area contributed by atoms with Crippen LogP contribution in [0.25, 0.3) is 0 Å². The van der Waals surface area contributed by atoms with Crippen LogP contribution in [0.2, 0.25) is 0 Å². The summed E-state index contributed by atoms with van der Waals surface area (Å²) in [5.41, 5.74) is 0.641. The van der Waals surface area contributed by atoms with E-state index in [2.05, 4.69) is 34.4 Å². The van der Waals surface area contributed by atoms with Gasteiger partial charge in [0.2, 0.25) is 0 Å². The smallest absolute Gasteiger partial charge is 0.335 e. The van der Waals surface area contributed by atoms with Gasteiger partial charge >= 0.3 is 12.0 Å². The summed E-state index contributed by atoms with van der Waals surface area (Å²) in [7, 11) is 0. The number of rotatable bonds is 6. The molecule has 1 aromatic rings. The molecule has 0 aliphatic heterocycles. The zero-order valence-corrected chi connectivity index (χ0v) is 12.4. The average molecular weight is 339 g/mol. The summed E-state index contributed by atoms with van der Waals surface area (Å²) >= 11 is 3.23. The molecular formula is C14H15BrN2O3. The van der Waals surface area contributed by atoms with Crippen molar-refractivity contribution in [3.63, 3.8) is 0 Å². The molecule has 0 radical (unpaired) electrons. The van der Waals surface area contributed by atoms with E-state index < -0.39 is 5.97 Å². The minimum atomic E-state index is -1.02. The summed E-state index contributed by atoms with van der Waals surface area (Å²) < 4.78 is 0.503. The van der Waals surface area contributed by atoms with Crippen molar-refractivity contribution in [1.29, 1.82) is 0 Å². The molecule has 0 aliphatic rings. The lowest BCUT2D eigenvalue weighted by molar-refractivity contribution is 0.0697. The van der Waals surface area contributed by atoms with Crippen molar-refractivity contribution < 1.29 is 14.7 Å². The molecule has 0 unspecified atom stereocenters. The third kappa shape index (κ3) is 4.24. The fourth-order valence-corrected chi connectivity index (χ4v) is 1.97. The quantitative estimate of drug-likeness (QED) is 0.781. The van der Waals surface area contributed by atoms with Crippen LogP contribution in [0.1, 0.15) is 10.4 Å². The van der Waals surface area contributed by atoms with Gasteiger partial charge in [-0.15, -0.1) is 13.2 Å². The number of nitrogens with zero attached hydrogens (tertiary/aromatic N) is 1. The molecule has 0 atom stereocenters. The van der Waals surface area contributed by atoms with Gasteiger partial charge < -0.3 is 15.3 Å². The van der Waals surface area contributed by atoms with Crippen molar-refractivity contribution in [1.82, 2.24) is 4.90 Å². The summed E-state index contributed by atoms with van der Waals surface area (Å²) in [4.78, 5) is 24.4. The first-order valence-corrected chi connectivity index (χ1v) is 6.59. The van der Waals surface area contributed by atoms with Gasteiger partial charge in [0.1, 0.15) is 0 Å². The largest absolute Gasteiger partial charge is 0.478 e. The van der Waals surface area contributed by atoms with Crippen LogP contribution in [-0.4, -0.2) is 35.1 Å². The lowest BCUT2D eigenvalue weighted by Crippen LogP contribution is -2.35. The Balaban J connectivity index is 2.86. The van der Waals surface area contributed by atoms with Gasteiger partial charge in [-0.3, -0.25) is 0 Å². The summed E-state index contributed by atoms with van der Waals surface area (Å²) in [5, 5.41) is 11.6. The molecule has 0 heterocycles. The number of benzene rings is 1. The Kier molecular flexibility index (Phi) is 5.99. The number of anilines is 1. The second-order valence-electron chi connectivity index (χ2n) is 3.91. The number of carbonyl (C=O) groups is 2. The van der Waals surface area contributed by atoms with E-state index in [9.17, 15) is 9.59 Å². The Morgan fingerprint density at radius 1 is 1.30 bits per heavy atom. The number of urea groups is 1. The van der Waals surface area contributed by atoms with Crippen LogP contribution in [-0.2, 0) is 0 Å². The first kappa shape index (κ1) is 16.0. The fourth-order valence-electron chi connectivity index (χ4n) is 1.50. The standard InChI is InChI=1S/C14H15BrN2O3/c1-3-7-17(8-4-2)14(20)16-12-6-5-10(13(18)19)9-11(12)15/h3-6,9H,1-2,7-8H2,(H,16,20)(H,18,19). The summed E-state index contributed by atoms with van der Waals surface area (Å²) in [6.07, 6.45) is 3.23. The number of carboxylic acid groups (broad SMARTS) is 1. The highest BCUT2D eigenvalue weighted by Crippen LogP contribution is 2.24. The number of hydrogen-bond donors (Lipinski definition) is 2. The lowest BCUT2D eigenvalue weighted by atomic mass is 10.2. The van der Waals surface area contributed by atoms with Gasteiger partial charge in [-0.25, -0.2) is 9.59 Å². The second-order valence-corrected chi connectivity index (χ2v) is 4.77. The van der Waals surface area contributed by atoms with Crippen molar-refractivity contribution in [2.75, 3.05) is 18.4 Å². The van der Waals surface area contributed by atoms with E-state index in [4.69, 9.17) is 5.11 Å². The van der Waals surface area contributed by atoms with Crippen LogP contribution in [0.4, 0.5) is 10.5 Å². The van der Waals surface area contributed by atoms with E-state index in [1.807, 2.05) is 0 Å². The highest BCUT2D eigenvalue weighted by Gasteiger charge is 2.13. The molecule has 0 spiro atoms. The maximum Gasteiger partial charge on any atom is 0.335 e. The molecule has 0 aliphatic carbocycles. The molecule has 0 saturated heterocycles. The Bertz CT molecular complexity index is 533. The highest BCUT2D eigenvalue weighted by atomic mass is 79.9. The van der Waals surface area contributed by atoms with Crippen LogP contribution < -0.4 is 5.32 Å². The Morgan fingerprint density at radius 3 is 2.35 bits per heavy atom. The fraction of sp³-hybridized carbons (Fsp3) is 0.143. The summed E-state index contributed by atoms with van der Waals surface area (Å²) in [5.74, 6) is -1.02. The highest BCUT2D eigenvalue weighted by molar-refractivity contribution is 9.10. The van der Waals surface area contributed by atoms with Gasteiger partial charge in [-0.1, -0.05) is 12.2 Å². The van der Waals surface area contributed by atoms with Crippen molar-refractivity contribution in [2.45, 2.75) is 0 Å². The minimum absolute atomic E-state index is 0.143. The molecule has 0 aromatic heterocycles. The number of nitrogens with one attached hydrogen (secondary N) is 1. The van der Waals surface area contributed by atoms with Crippen LogP contribution in [0.3, 0.4) is 0 Å². The third-order valence-electron chi connectivity index (χ3n) is 2.44. The first-order chi connectivity index (χ1) is 9.49. The van der Waals surface area contributed by atoms with E-state index in [1.54, 1.807) is 12.2 Å². The zero-order chi connectivity index (χ0) is 15.1. The van der Waals surface area contributed by atoms with Gasteiger partial charge in [0.25, 0.3) is 0 Å². The SMILES string of the molecule is C=CCN(CC=C)C(=O)Nc1ccc(C(=O)O)cc1Br. The van der Waals surface area contributed by atoms with Crippen molar-refractivity contribution in [3.05, 3.63) is 53.5 Å². The van der Waals surface area contributed by atoms with Gasteiger partial charge in [0.05, 0.1) is 11.3 Å². The molecule has 2 N–H and O–H groups in total. The van der Waals surface area contributed by atoms with Crippen molar-refractivity contribution >= 4 is 33.6 Å². The van der Waals surface area contributed by atoms with Gasteiger partial charge in [-0.05, 0) is 34.1 Å². The zero-order valence-electron chi connectivity index (χ0n) is 10.8. The maximum absolute atomic E-state index is 12.0. The number of carbonyl (C=O) groups excluding carboxylic acids is 1. The number of hydrogen-bond acceptors (Lipinski definition) is 2. The number of aromatic carboxylic acids is 1. The normalized spacial score (nSPS) is 9.65. The van der Waals surface area contributed by atoms with Crippen LogP contribution in [0.5, 0.6) is 0 Å². The Hall–Kier alpha value is -2.08. The Morgan fingerprint density at radius 2 is 1.90 bits per heavy atom. The number of halogens is 1. The molecule has 2 amide bonds. The van der Waals surface area contributed by atoms with E-state index in [1.165, 1.54) is 23.1 Å². The van der Waals surface area contributed by atoms with Gasteiger partial charge in [0.15, 0.2) is 0 Å². The number of amides is 2. The summed E-state index contributed by atoms with van der Waals surface area (Å²) in [6.45, 7) is 7.96. The topological polar surface area (TPSA) is 69.6 Å². The third-order valence-corrected chi connectivity index (χ3v) is 3.10. The van der Waals surface area contributed by atoms with E-state index in [-0.39, 0.29) is 11.6 Å². The molecular weight excluding hydrogens is 324 g/mol. The molecule has 6 heteroatoms. The summed E-state index contributed by atoms with van der Waals surface area (Å²) in [6, 6.07) is 4.08. The van der Waals surface area contributed by atoms with Crippen molar-refractivity contribution in [3.8, 4) is 0 Å². The second kappa shape index (κ2) is 7.49. The molecule has 0 bridgehead atoms. The van der Waals surface area contributed by atoms with E-state index >= 15 is 0 Å². The van der Waals surface area contributed by atoms with Crippen LogP contribution in [0, 0.1) is 0 Å². The molecule has 5 nitrogen and oxygen atoms in total. The first-order valence-electron chi connectivity index (χ1n) is 5.80. The van der Waals surface area contributed by atoms with E-state index in [0.29, 0.717) is 23.2 Å². The van der Waals surface area contributed by atoms with Crippen LogP contribution >= 0.6 is 15.9 Å². The molecule has 106 valence electrons. The average Bonchev–Trinajstić information content (AvgIpc) is 2.40. The molecule has 0 fully saturated rings. The lowest BCUT2D eigenvalue weighted by Gasteiger charge is -2.20. The molecule has 1 rings (SSSR count). The number of carboxylic acids is 1. The van der Waals surface area contributed by atoms with E-state index in [0.717, 1.165) is 0 Å². The molecule has 20 heavy (non-hydrogen) atoms. The van der Waals surface area contributed by atoms with Gasteiger partial charge in [0, 0.05) is 17.6 Å². The Labute approximate surface area is 125 Å². The van der Waals surface area contributed by atoms with Crippen molar-refractivity contribution in [2.24, 2.45) is 0 Å².